The summed E-state index contributed by atoms with van der Waals surface area (Å²) < 4.78 is 2.48. The van der Waals surface area contributed by atoms with E-state index >= 15 is 0 Å². The van der Waals surface area contributed by atoms with Crippen LogP contribution in [0, 0.1) is 0 Å². The number of aromatic hydroxyl groups is 1. The van der Waals surface area contributed by atoms with Crippen LogP contribution in [0.15, 0.2) is 72.8 Å². The molecule has 4 aromatic rings. The molecule has 0 unspecified atom stereocenters. The van der Waals surface area contributed by atoms with Gasteiger partial charge in [-0.1, -0.05) is 48.5 Å². The van der Waals surface area contributed by atoms with Gasteiger partial charge in [0.1, 0.15) is 5.75 Å². The van der Waals surface area contributed by atoms with Crippen LogP contribution in [0.4, 0.5) is 0 Å². The van der Waals surface area contributed by atoms with Gasteiger partial charge in [-0.3, -0.25) is 0 Å². The highest BCUT2D eigenvalue weighted by Gasteiger charge is 2.23. The average molecular weight is 325 g/mol. The lowest BCUT2D eigenvalue weighted by atomic mass is 9.97. The smallest absolute Gasteiger partial charge is 0.115 e. The normalized spacial score (nSPS) is 13.3. The Morgan fingerprint density at radius 3 is 2.36 bits per heavy atom. The van der Waals surface area contributed by atoms with Gasteiger partial charge in [-0.15, -0.1) is 0 Å². The van der Waals surface area contributed by atoms with Crippen LogP contribution in [0.1, 0.15) is 12.0 Å². The van der Waals surface area contributed by atoms with Gasteiger partial charge < -0.3 is 9.67 Å². The van der Waals surface area contributed by atoms with Crippen molar-refractivity contribution in [1.82, 2.24) is 4.57 Å². The second-order valence-electron chi connectivity index (χ2n) is 6.71. The molecule has 0 amide bonds. The largest absolute Gasteiger partial charge is 0.508 e. The van der Waals surface area contributed by atoms with E-state index in [1.165, 1.54) is 39.7 Å². The van der Waals surface area contributed by atoms with E-state index in [1.54, 1.807) is 12.1 Å². The third-order valence-corrected chi connectivity index (χ3v) is 5.20. The Balaban J connectivity index is 1.92. The summed E-state index contributed by atoms with van der Waals surface area (Å²) in [6, 6.07) is 24.9. The molecule has 0 saturated carbocycles. The first-order valence-electron chi connectivity index (χ1n) is 8.82. The molecule has 0 radical (unpaired) electrons. The van der Waals surface area contributed by atoms with Gasteiger partial charge in [-0.25, -0.2) is 0 Å². The molecule has 122 valence electrons. The van der Waals surface area contributed by atoms with E-state index in [1.807, 2.05) is 12.1 Å². The monoisotopic (exact) mass is 325 g/mol. The van der Waals surface area contributed by atoms with Crippen LogP contribution >= 0.6 is 0 Å². The molecule has 0 fully saturated rings. The van der Waals surface area contributed by atoms with Crippen LogP contribution in [0.3, 0.4) is 0 Å². The highest BCUT2D eigenvalue weighted by Crippen LogP contribution is 2.43. The molecule has 0 atom stereocenters. The van der Waals surface area contributed by atoms with Crippen molar-refractivity contribution in [3.05, 3.63) is 78.4 Å². The number of aromatic nitrogens is 1. The van der Waals surface area contributed by atoms with Gasteiger partial charge in [-0.05, 0) is 53.8 Å². The second kappa shape index (κ2) is 5.52. The number of hydrogen-bond acceptors (Lipinski definition) is 1. The lowest BCUT2D eigenvalue weighted by Gasteiger charge is -2.18. The first-order chi connectivity index (χ1) is 12.3. The SMILES string of the molecule is Oc1ccc(-c2c(-c3ccccc3)c3cccc4c3n2CCC4)cc1. The lowest BCUT2D eigenvalue weighted by molar-refractivity contribution is 0.475. The van der Waals surface area contributed by atoms with E-state index in [9.17, 15) is 5.11 Å². The third kappa shape index (κ3) is 2.18. The van der Waals surface area contributed by atoms with Crippen LogP contribution in [0.2, 0.25) is 0 Å². The van der Waals surface area contributed by atoms with E-state index in [2.05, 4.69) is 53.1 Å². The van der Waals surface area contributed by atoms with E-state index in [-0.39, 0.29) is 0 Å². The molecule has 1 aromatic heterocycles. The third-order valence-electron chi connectivity index (χ3n) is 5.20. The van der Waals surface area contributed by atoms with Crippen molar-refractivity contribution in [3.8, 4) is 28.1 Å². The molecule has 25 heavy (non-hydrogen) atoms. The summed E-state index contributed by atoms with van der Waals surface area (Å²) in [5.74, 6) is 0.306. The van der Waals surface area contributed by atoms with Gasteiger partial charge in [0.15, 0.2) is 0 Å². The van der Waals surface area contributed by atoms with Gasteiger partial charge in [0.25, 0.3) is 0 Å². The van der Waals surface area contributed by atoms with Crippen molar-refractivity contribution in [2.24, 2.45) is 0 Å². The zero-order valence-electron chi connectivity index (χ0n) is 13.9. The van der Waals surface area contributed by atoms with Crippen LogP contribution in [0.5, 0.6) is 5.75 Å². The van der Waals surface area contributed by atoms with Crippen LogP contribution in [0.25, 0.3) is 33.3 Å². The van der Waals surface area contributed by atoms with Crippen molar-refractivity contribution < 1.29 is 5.11 Å². The maximum absolute atomic E-state index is 9.70. The van der Waals surface area contributed by atoms with Gasteiger partial charge in [0.05, 0.1) is 11.2 Å². The molecule has 5 rings (SSSR count). The Bertz CT molecular complexity index is 1060. The predicted octanol–water partition coefficient (Wildman–Crippen LogP) is 5.63. The Morgan fingerprint density at radius 2 is 1.56 bits per heavy atom. The fourth-order valence-electron chi connectivity index (χ4n) is 4.16. The van der Waals surface area contributed by atoms with Crippen LogP contribution in [-0.2, 0) is 13.0 Å². The molecule has 3 aromatic carbocycles. The number of rotatable bonds is 2. The van der Waals surface area contributed by atoms with Gasteiger partial charge >= 0.3 is 0 Å². The van der Waals surface area contributed by atoms with E-state index in [4.69, 9.17) is 0 Å². The predicted molar refractivity (Wildman–Crippen MR) is 103 cm³/mol. The summed E-state index contributed by atoms with van der Waals surface area (Å²) in [6.07, 6.45) is 2.31. The minimum Gasteiger partial charge on any atom is -0.508 e. The maximum Gasteiger partial charge on any atom is 0.115 e. The van der Waals surface area contributed by atoms with E-state index in [0.29, 0.717) is 5.75 Å². The summed E-state index contributed by atoms with van der Waals surface area (Å²) in [7, 11) is 0. The van der Waals surface area contributed by atoms with Crippen LogP contribution in [-0.4, -0.2) is 9.67 Å². The number of phenolic OH excluding ortho intramolecular Hbond substituents is 1. The number of benzene rings is 3. The minimum absolute atomic E-state index is 0.306. The summed E-state index contributed by atoms with van der Waals surface area (Å²) >= 11 is 0. The van der Waals surface area contributed by atoms with Crippen LogP contribution < -0.4 is 0 Å². The first-order valence-corrected chi connectivity index (χ1v) is 8.82. The summed E-state index contributed by atoms with van der Waals surface area (Å²) in [4.78, 5) is 0. The van der Waals surface area contributed by atoms with Crippen molar-refractivity contribution in [3.63, 3.8) is 0 Å². The molecular formula is C23H19NO. The number of aryl methyl sites for hydroxylation is 2. The molecule has 1 N–H and O–H groups in total. The van der Waals surface area contributed by atoms with Crippen molar-refractivity contribution in [2.75, 3.05) is 0 Å². The van der Waals surface area contributed by atoms with E-state index in [0.717, 1.165) is 18.5 Å². The molecule has 1 aliphatic heterocycles. The quantitative estimate of drug-likeness (QED) is 0.508. The van der Waals surface area contributed by atoms with Crippen molar-refractivity contribution in [2.45, 2.75) is 19.4 Å². The van der Waals surface area contributed by atoms with Gasteiger partial charge in [-0.2, -0.15) is 0 Å². The minimum atomic E-state index is 0.306. The highest BCUT2D eigenvalue weighted by atomic mass is 16.3. The maximum atomic E-state index is 9.70. The van der Waals surface area contributed by atoms with Gasteiger partial charge in [0.2, 0.25) is 0 Å². The molecule has 0 spiro atoms. The standard InChI is InChI=1S/C23H19NO/c25-19-13-11-18(12-14-19)23-21(16-6-2-1-3-7-16)20-10-4-8-17-9-5-15-24(23)22(17)20/h1-4,6-8,10-14,25H,5,9,15H2. The zero-order valence-corrected chi connectivity index (χ0v) is 13.9. The number of nitrogens with zero attached hydrogens (tertiary/aromatic N) is 1. The van der Waals surface area contributed by atoms with Gasteiger partial charge in [0, 0.05) is 17.5 Å². The Kier molecular flexibility index (Phi) is 3.17. The second-order valence-corrected chi connectivity index (χ2v) is 6.71. The molecule has 0 saturated heterocycles. The highest BCUT2D eigenvalue weighted by molar-refractivity contribution is 6.05. The van der Waals surface area contributed by atoms with E-state index < -0.39 is 0 Å². The Labute approximate surface area is 147 Å². The Morgan fingerprint density at radius 1 is 0.760 bits per heavy atom. The number of hydrogen-bond donors (Lipinski definition) is 1. The number of phenols is 1. The molecule has 2 heteroatoms. The summed E-state index contributed by atoms with van der Waals surface area (Å²) in [5.41, 5.74) is 7.76. The van der Waals surface area contributed by atoms with Crippen molar-refractivity contribution >= 4 is 10.9 Å². The average Bonchev–Trinajstić information content (AvgIpc) is 3.00. The molecule has 2 nitrogen and oxygen atoms in total. The molecule has 0 bridgehead atoms. The molecule has 0 aliphatic carbocycles. The molecule has 2 heterocycles. The molecule has 1 aliphatic rings. The molecular weight excluding hydrogens is 306 g/mol. The summed E-state index contributed by atoms with van der Waals surface area (Å²) in [6.45, 7) is 1.04. The topological polar surface area (TPSA) is 25.2 Å². The fraction of sp³-hybridized carbons (Fsp3) is 0.130. The zero-order chi connectivity index (χ0) is 16.8. The number of para-hydroxylation sites is 1. The lowest BCUT2D eigenvalue weighted by Crippen LogP contribution is -2.08. The van der Waals surface area contributed by atoms with Crippen molar-refractivity contribution in [1.29, 1.82) is 0 Å². The fourth-order valence-corrected chi connectivity index (χ4v) is 4.16. The summed E-state index contributed by atoms with van der Waals surface area (Å²) in [5, 5.41) is 11.0. The Hall–Kier alpha value is -3.00. The first kappa shape index (κ1) is 14.4.